The molecule has 0 saturated carbocycles. The zero-order chi connectivity index (χ0) is 17.2. The fourth-order valence-corrected chi connectivity index (χ4v) is 4.33. The first kappa shape index (κ1) is 16.6. The number of halogens is 1. The van der Waals surface area contributed by atoms with Gasteiger partial charge in [-0.2, -0.15) is 0 Å². The van der Waals surface area contributed by atoms with Gasteiger partial charge in [0.05, 0.1) is 0 Å². The van der Waals surface area contributed by atoms with Crippen molar-refractivity contribution in [2.24, 2.45) is 0 Å². The summed E-state index contributed by atoms with van der Waals surface area (Å²) in [6.07, 6.45) is 10.5. The van der Waals surface area contributed by atoms with Crippen LogP contribution in [0.25, 0.3) is 0 Å². The van der Waals surface area contributed by atoms with Crippen LogP contribution in [0.3, 0.4) is 0 Å². The summed E-state index contributed by atoms with van der Waals surface area (Å²) < 4.78 is 2.18. The summed E-state index contributed by atoms with van der Waals surface area (Å²) in [5.41, 5.74) is 4.15. The van der Waals surface area contributed by atoms with E-state index >= 15 is 0 Å². The van der Waals surface area contributed by atoms with Crippen molar-refractivity contribution in [3.8, 4) is 0 Å². The lowest BCUT2D eigenvalue weighted by Crippen LogP contribution is -2.44. The Morgan fingerprint density at radius 2 is 2.12 bits per heavy atom. The van der Waals surface area contributed by atoms with Crippen LogP contribution in [0.2, 0.25) is 0 Å². The van der Waals surface area contributed by atoms with Gasteiger partial charge in [-0.15, -0.1) is 11.6 Å². The van der Waals surface area contributed by atoms with Crippen molar-refractivity contribution in [1.29, 1.82) is 0 Å². The molecule has 1 aromatic heterocycles. The predicted molar refractivity (Wildman–Crippen MR) is 98.7 cm³/mol. The normalized spacial score (nSPS) is 19.2. The number of nitrogens with zero attached hydrogens (tertiary/aromatic N) is 3. The molecular formula is C20H24ClN3O. The van der Waals surface area contributed by atoms with Crippen LogP contribution in [0.4, 0.5) is 0 Å². The Morgan fingerprint density at radius 3 is 2.96 bits per heavy atom. The smallest absolute Gasteiger partial charge is 0.238 e. The van der Waals surface area contributed by atoms with E-state index in [1.165, 1.54) is 36.0 Å². The van der Waals surface area contributed by atoms with Crippen molar-refractivity contribution in [3.05, 3.63) is 53.1 Å². The third-order valence-corrected chi connectivity index (χ3v) is 5.79. The number of hydrogen-bond acceptors (Lipinski definition) is 2. The van der Waals surface area contributed by atoms with Gasteiger partial charge in [0.15, 0.2) is 0 Å². The first-order valence-corrected chi connectivity index (χ1v) is 9.74. The minimum absolute atomic E-state index is 0.0180. The van der Waals surface area contributed by atoms with Crippen molar-refractivity contribution in [3.63, 3.8) is 0 Å². The summed E-state index contributed by atoms with van der Waals surface area (Å²) in [5, 5.41) is 0. The molecule has 0 spiro atoms. The molecule has 1 unspecified atom stereocenters. The molecule has 0 radical (unpaired) electrons. The van der Waals surface area contributed by atoms with Gasteiger partial charge in [0.25, 0.3) is 0 Å². The van der Waals surface area contributed by atoms with Gasteiger partial charge in [-0.1, -0.05) is 18.2 Å². The quantitative estimate of drug-likeness (QED) is 0.787. The summed E-state index contributed by atoms with van der Waals surface area (Å²) in [4.78, 5) is 18.9. The van der Waals surface area contributed by atoms with E-state index in [0.29, 0.717) is 6.54 Å². The van der Waals surface area contributed by atoms with Crippen molar-refractivity contribution in [1.82, 2.24) is 14.5 Å². The standard InChI is InChI=1S/C20H24ClN3O/c21-13-20(25)24(18-7-9-23-10-8-22-19(23)12-18)14-15-5-6-16-3-1-2-4-17(16)11-15/h5-6,8,10-11,18H,1-4,7,9,12-14H2. The molecule has 1 aliphatic carbocycles. The highest BCUT2D eigenvalue weighted by atomic mass is 35.5. The summed E-state index contributed by atoms with van der Waals surface area (Å²) in [7, 11) is 0. The molecule has 1 aromatic carbocycles. The van der Waals surface area contributed by atoms with Crippen LogP contribution < -0.4 is 0 Å². The van der Waals surface area contributed by atoms with Crippen LogP contribution in [-0.2, 0) is 37.1 Å². The van der Waals surface area contributed by atoms with Crippen LogP contribution in [0.5, 0.6) is 0 Å². The Kier molecular flexibility index (Phi) is 4.80. The maximum atomic E-state index is 12.5. The molecule has 1 aliphatic heterocycles. The minimum Gasteiger partial charge on any atom is -0.335 e. The lowest BCUT2D eigenvalue weighted by atomic mass is 9.90. The first-order chi connectivity index (χ1) is 12.2. The molecule has 0 saturated heterocycles. The van der Waals surface area contributed by atoms with Crippen LogP contribution >= 0.6 is 11.6 Å². The maximum absolute atomic E-state index is 12.5. The van der Waals surface area contributed by atoms with Crippen LogP contribution in [0.1, 0.15) is 41.8 Å². The SMILES string of the molecule is O=C(CCl)N(Cc1ccc2c(c1)CCCC2)C1CCn2ccnc2C1. The molecule has 1 amide bonds. The third kappa shape index (κ3) is 3.45. The highest BCUT2D eigenvalue weighted by Crippen LogP contribution is 2.25. The number of carbonyl (C=O) groups is 1. The number of hydrogen-bond donors (Lipinski definition) is 0. The number of alkyl halides is 1. The molecule has 1 atom stereocenters. The topological polar surface area (TPSA) is 38.1 Å². The fourth-order valence-electron chi connectivity index (χ4n) is 4.18. The molecule has 2 aliphatic rings. The second kappa shape index (κ2) is 7.20. The number of carbonyl (C=O) groups excluding carboxylic acids is 1. The lowest BCUT2D eigenvalue weighted by Gasteiger charge is -2.34. The van der Waals surface area contributed by atoms with Gasteiger partial charge in [0.1, 0.15) is 11.7 Å². The highest BCUT2D eigenvalue weighted by Gasteiger charge is 2.28. The second-order valence-corrected chi connectivity index (χ2v) is 7.42. The Hall–Kier alpha value is -1.81. The van der Waals surface area contributed by atoms with Crippen LogP contribution in [-0.4, -0.2) is 32.3 Å². The monoisotopic (exact) mass is 357 g/mol. The zero-order valence-corrected chi connectivity index (χ0v) is 15.2. The summed E-state index contributed by atoms with van der Waals surface area (Å²) >= 11 is 5.91. The Labute approximate surface area is 153 Å². The first-order valence-electron chi connectivity index (χ1n) is 9.20. The van der Waals surface area contributed by atoms with Gasteiger partial charge < -0.3 is 9.47 Å². The number of fused-ring (bicyclic) bond motifs is 2. The number of amides is 1. The molecule has 2 heterocycles. The fraction of sp³-hybridized carbons (Fsp3) is 0.500. The zero-order valence-electron chi connectivity index (χ0n) is 14.5. The van der Waals surface area contributed by atoms with E-state index in [-0.39, 0.29) is 17.8 Å². The molecule has 2 aromatic rings. The summed E-state index contributed by atoms with van der Waals surface area (Å²) in [6.45, 7) is 1.56. The number of aryl methyl sites for hydroxylation is 3. The molecule has 0 N–H and O–H groups in total. The maximum Gasteiger partial charge on any atom is 0.238 e. The second-order valence-electron chi connectivity index (χ2n) is 7.15. The van der Waals surface area contributed by atoms with Gasteiger partial charge >= 0.3 is 0 Å². The van der Waals surface area contributed by atoms with E-state index in [0.717, 1.165) is 31.6 Å². The minimum atomic E-state index is 0.0180. The average molecular weight is 358 g/mol. The van der Waals surface area contributed by atoms with Gasteiger partial charge in [0.2, 0.25) is 5.91 Å². The lowest BCUT2D eigenvalue weighted by molar-refractivity contribution is -0.132. The van der Waals surface area contributed by atoms with Crippen LogP contribution in [0.15, 0.2) is 30.6 Å². The molecule has 5 heteroatoms. The number of rotatable bonds is 4. The van der Waals surface area contributed by atoms with E-state index in [1.54, 1.807) is 0 Å². The largest absolute Gasteiger partial charge is 0.335 e. The predicted octanol–water partition coefficient (Wildman–Crippen LogP) is 3.34. The highest BCUT2D eigenvalue weighted by molar-refractivity contribution is 6.27. The molecule has 25 heavy (non-hydrogen) atoms. The molecule has 4 nitrogen and oxygen atoms in total. The molecule has 0 fully saturated rings. The molecule has 0 bridgehead atoms. The van der Waals surface area contributed by atoms with Crippen molar-refractivity contribution >= 4 is 17.5 Å². The van der Waals surface area contributed by atoms with Gasteiger partial charge in [0, 0.05) is 37.9 Å². The van der Waals surface area contributed by atoms with Gasteiger partial charge in [-0.3, -0.25) is 4.79 Å². The van der Waals surface area contributed by atoms with Gasteiger partial charge in [-0.25, -0.2) is 4.98 Å². The van der Waals surface area contributed by atoms with E-state index in [9.17, 15) is 4.79 Å². The van der Waals surface area contributed by atoms with Gasteiger partial charge in [-0.05, 0) is 48.8 Å². The Bertz CT molecular complexity index is 770. The summed E-state index contributed by atoms with van der Waals surface area (Å²) in [5.74, 6) is 1.12. The van der Waals surface area contributed by atoms with Crippen molar-refractivity contribution in [2.75, 3.05) is 5.88 Å². The number of benzene rings is 1. The molecular weight excluding hydrogens is 334 g/mol. The molecule has 4 rings (SSSR count). The Morgan fingerprint density at radius 1 is 1.28 bits per heavy atom. The number of imidazole rings is 1. The summed E-state index contributed by atoms with van der Waals surface area (Å²) in [6, 6.07) is 6.91. The van der Waals surface area contributed by atoms with Crippen molar-refractivity contribution < 1.29 is 4.79 Å². The van der Waals surface area contributed by atoms with E-state index in [2.05, 4.69) is 27.8 Å². The van der Waals surface area contributed by atoms with Crippen LogP contribution in [0, 0.1) is 0 Å². The van der Waals surface area contributed by atoms with E-state index in [4.69, 9.17) is 11.6 Å². The molecule has 132 valence electrons. The Balaban J connectivity index is 1.55. The average Bonchev–Trinajstić information content (AvgIpc) is 3.13. The van der Waals surface area contributed by atoms with Crippen molar-refractivity contribution in [2.45, 2.75) is 57.7 Å². The third-order valence-electron chi connectivity index (χ3n) is 5.56. The van der Waals surface area contributed by atoms with E-state index < -0.39 is 0 Å². The number of aromatic nitrogens is 2. The van der Waals surface area contributed by atoms with E-state index in [1.807, 2.05) is 17.3 Å².